The van der Waals surface area contributed by atoms with Crippen molar-refractivity contribution in [3.63, 3.8) is 0 Å². The van der Waals surface area contributed by atoms with E-state index in [1.54, 1.807) is 6.07 Å². The van der Waals surface area contributed by atoms with E-state index in [9.17, 15) is 19.1 Å². The van der Waals surface area contributed by atoms with Crippen LogP contribution in [0.15, 0.2) is 54.6 Å². The number of hydrogen-bond donors (Lipinski definition) is 2. The number of rotatable bonds is 10. The Morgan fingerprint density at radius 2 is 1.89 bits per heavy atom. The summed E-state index contributed by atoms with van der Waals surface area (Å²) < 4.78 is 27.1. The number of nitrogens with zero attached hydrogens (tertiary/aromatic N) is 2. The number of carbonyl (C=O) groups is 2. The minimum absolute atomic E-state index is 0.0300. The van der Waals surface area contributed by atoms with Gasteiger partial charge in [-0.2, -0.15) is 5.10 Å². The van der Waals surface area contributed by atoms with Crippen LogP contribution in [0.4, 0.5) is 4.39 Å². The topological polar surface area (TPSA) is 103 Å². The molecule has 4 rings (SSSR count). The van der Waals surface area contributed by atoms with E-state index in [1.807, 2.05) is 30.3 Å². The Morgan fingerprint density at radius 1 is 1.11 bits per heavy atom. The average Bonchev–Trinajstić information content (AvgIpc) is 3.28. The highest BCUT2D eigenvalue weighted by Gasteiger charge is 2.28. The summed E-state index contributed by atoms with van der Waals surface area (Å²) in [6.45, 7) is -0.0175. The minimum Gasteiger partial charge on any atom is -0.476 e. The number of aromatic carboxylic acids is 1. The summed E-state index contributed by atoms with van der Waals surface area (Å²) in [5.74, 6) is -2.22. The molecule has 0 saturated heterocycles. The highest BCUT2D eigenvalue weighted by molar-refractivity contribution is 6.30. The Kier molecular flexibility index (Phi) is 8.56. The molecular weight excluding hydrogens is 489 g/mol. The molecule has 0 radical (unpaired) electrons. The van der Waals surface area contributed by atoms with Gasteiger partial charge >= 0.3 is 5.97 Å². The molecule has 0 aliphatic heterocycles. The van der Waals surface area contributed by atoms with Crippen LogP contribution in [-0.2, 0) is 29.3 Å². The molecule has 3 aromatic rings. The van der Waals surface area contributed by atoms with Gasteiger partial charge in [-0.15, -0.1) is 0 Å². The van der Waals surface area contributed by atoms with Crippen LogP contribution in [0.3, 0.4) is 0 Å². The fourth-order valence-corrected chi connectivity index (χ4v) is 4.37. The fraction of sp³-hybridized carbons (Fsp3) is 0.346. The summed E-state index contributed by atoms with van der Waals surface area (Å²) in [5, 5.41) is 16.3. The number of hydrogen-bond acceptors (Lipinski definition) is 5. The highest BCUT2D eigenvalue weighted by Crippen LogP contribution is 2.24. The SMILES string of the molecule is O=C(Cn1nc(C(=O)O)cc1OCc1cccc(Cl)c1F)N[C@H]1CCCC[C@@H]1OCc1ccccc1. The maximum absolute atomic E-state index is 14.2. The van der Waals surface area contributed by atoms with E-state index >= 15 is 0 Å². The van der Waals surface area contributed by atoms with Crippen molar-refractivity contribution in [3.8, 4) is 5.88 Å². The molecule has 10 heteroatoms. The number of carbonyl (C=O) groups excluding carboxylic acids is 1. The second kappa shape index (κ2) is 12.0. The molecule has 190 valence electrons. The normalized spacial score (nSPS) is 17.5. The van der Waals surface area contributed by atoms with Crippen molar-refractivity contribution >= 4 is 23.5 Å². The second-order valence-electron chi connectivity index (χ2n) is 8.63. The van der Waals surface area contributed by atoms with E-state index in [2.05, 4.69) is 10.4 Å². The second-order valence-corrected chi connectivity index (χ2v) is 9.03. The molecule has 1 aliphatic rings. The molecule has 1 fully saturated rings. The summed E-state index contributed by atoms with van der Waals surface area (Å²) in [5.41, 5.74) is 0.965. The van der Waals surface area contributed by atoms with Crippen molar-refractivity contribution in [1.29, 1.82) is 0 Å². The molecule has 2 aromatic carbocycles. The standard InChI is InChI=1S/C26H27ClFN3O5/c27-19-10-6-9-18(25(19)28)16-36-24-13-21(26(33)34)30-31(24)14-23(32)29-20-11-4-5-12-22(20)35-15-17-7-2-1-3-8-17/h1-3,6-10,13,20,22H,4-5,11-12,14-16H2,(H,29,32)(H,33,34)/t20-,22-/m0/s1. The van der Waals surface area contributed by atoms with E-state index < -0.39 is 11.8 Å². The maximum Gasteiger partial charge on any atom is 0.356 e. The molecule has 0 unspecified atom stereocenters. The van der Waals surface area contributed by atoms with Gasteiger partial charge in [0.2, 0.25) is 11.8 Å². The first kappa shape index (κ1) is 25.7. The molecule has 1 amide bonds. The highest BCUT2D eigenvalue weighted by atomic mass is 35.5. The summed E-state index contributed by atoms with van der Waals surface area (Å²) in [6, 6.07) is 15.4. The Balaban J connectivity index is 1.40. The quantitative estimate of drug-likeness (QED) is 0.409. The van der Waals surface area contributed by atoms with Gasteiger partial charge in [0, 0.05) is 11.6 Å². The molecular formula is C26H27ClFN3O5. The van der Waals surface area contributed by atoms with Gasteiger partial charge in [0.15, 0.2) is 5.69 Å². The fourth-order valence-electron chi connectivity index (χ4n) is 4.17. The van der Waals surface area contributed by atoms with Crippen molar-refractivity contribution in [3.05, 3.63) is 82.3 Å². The van der Waals surface area contributed by atoms with Crippen molar-refractivity contribution in [1.82, 2.24) is 15.1 Å². The molecule has 2 N–H and O–H groups in total. The number of aromatic nitrogens is 2. The molecule has 0 bridgehead atoms. The molecule has 36 heavy (non-hydrogen) atoms. The lowest BCUT2D eigenvalue weighted by atomic mass is 9.92. The molecule has 1 aromatic heterocycles. The lowest BCUT2D eigenvalue weighted by Crippen LogP contribution is -2.47. The van der Waals surface area contributed by atoms with Crippen LogP contribution in [0.25, 0.3) is 0 Å². The van der Waals surface area contributed by atoms with Crippen molar-refractivity contribution in [2.75, 3.05) is 0 Å². The molecule has 1 saturated carbocycles. The monoisotopic (exact) mass is 515 g/mol. The van der Waals surface area contributed by atoms with E-state index in [0.717, 1.165) is 35.9 Å². The van der Waals surface area contributed by atoms with Crippen molar-refractivity contribution < 1.29 is 28.6 Å². The van der Waals surface area contributed by atoms with Crippen LogP contribution in [0.1, 0.15) is 47.3 Å². The number of carboxylic acid groups (broad SMARTS) is 1. The van der Waals surface area contributed by atoms with Crippen LogP contribution < -0.4 is 10.1 Å². The summed E-state index contributed by atoms with van der Waals surface area (Å²) in [7, 11) is 0. The summed E-state index contributed by atoms with van der Waals surface area (Å²) >= 11 is 5.81. The van der Waals surface area contributed by atoms with Gasteiger partial charge in [-0.25, -0.2) is 13.9 Å². The van der Waals surface area contributed by atoms with Crippen LogP contribution in [0, 0.1) is 5.82 Å². The third kappa shape index (κ3) is 6.61. The first-order chi connectivity index (χ1) is 17.4. The zero-order chi connectivity index (χ0) is 25.5. The van der Waals surface area contributed by atoms with Gasteiger partial charge in [-0.3, -0.25) is 4.79 Å². The minimum atomic E-state index is -1.27. The van der Waals surface area contributed by atoms with Crippen molar-refractivity contribution in [2.45, 2.75) is 57.6 Å². The van der Waals surface area contributed by atoms with Gasteiger partial charge in [-0.05, 0) is 24.5 Å². The van der Waals surface area contributed by atoms with Gasteiger partial charge < -0.3 is 19.9 Å². The molecule has 0 spiro atoms. The van der Waals surface area contributed by atoms with Crippen LogP contribution in [-0.4, -0.2) is 38.9 Å². The number of halogens is 2. The average molecular weight is 516 g/mol. The third-order valence-corrected chi connectivity index (χ3v) is 6.31. The van der Waals surface area contributed by atoms with E-state index in [0.29, 0.717) is 6.61 Å². The number of carboxylic acids is 1. The molecule has 2 atom stereocenters. The summed E-state index contributed by atoms with van der Waals surface area (Å²) in [6.07, 6.45) is 3.48. The van der Waals surface area contributed by atoms with Crippen LogP contribution >= 0.6 is 11.6 Å². The first-order valence-electron chi connectivity index (χ1n) is 11.7. The Labute approximate surface area is 213 Å². The summed E-state index contributed by atoms with van der Waals surface area (Å²) in [4.78, 5) is 24.3. The largest absolute Gasteiger partial charge is 0.476 e. The number of nitrogens with one attached hydrogen (secondary N) is 1. The van der Waals surface area contributed by atoms with Crippen LogP contribution in [0.2, 0.25) is 5.02 Å². The van der Waals surface area contributed by atoms with E-state index in [1.165, 1.54) is 18.2 Å². The smallest absolute Gasteiger partial charge is 0.356 e. The van der Waals surface area contributed by atoms with Gasteiger partial charge in [0.25, 0.3) is 0 Å². The molecule has 8 nitrogen and oxygen atoms in total. The van der Waals surface area contributed by atoms with Crippen molar-refractivity contribution in [2.24, 2.45) is 0 Å². The zero-order valence-electron chi connectivity index (χ0n) is 19.5. The van der Waals surface area contributed by atoms with Gasteiger partial charge in [0.05, 0.1) is 23.8 Å². The zero-order valence-corrected chi connectivity index (χ0v) is 20.3. The van der Waals surface area contributed by atoms with E-state index in [4.69, 9.17) is 21.1 Å². The maximum atomic E-state index is 14.2. The molecule has 1 aliphatic carbocycles. The Hall–Kier alpha value is -3.43. The Bertz CT molecular complexity index is 1200. The van der Waals surface area contributed by atoms with E-state index in [-0.39, 0.29) is 53.4 Å². The van der Waals surface area contributed by atoms with Gasteiger partial charge in [-0.1, -0.05) is 66.9 Å². The lowest BCUT2D eigenvalue weighted by molar-refractivity contribution is -0.124. The number of benzene rings is 2. The Morgan fingerprint density at radius 3 is 2.67 bits per heavy atom. The third-order valence-electron chi connectivity index (χ3n) is 6.02. The number of ether oxygens (including phenoxy) is 2. The number of amides is 1. The molecule has 1 heterocycles. The van der Waals surface area contributed by atoms with Gasteiger partial charge in [0.1, 0.15) is 19.0 Å². The predicted octanol–water partition coefficient (Wildman–Crippen LogP) is 4.60. The predicted molar refractivity (Wildman–Crippen MR) is 130 cm³/mol. The first-order valence-corrected chi connectivity index (χ1v) is 12.1. The lowest BCUT2D eigenvalue weighted by Gasteiger charge is -2.32. The van der Waals surface area contributed by atoms with Crippen LogP contribution in [0.5, 0.6) is 5.88 Å².